The molecule has 0 aromatic heterocycles. The van der Waals surface area contributed by atoms with Crippen LogP contribution in [0.2, 0.25) is 0 Å². The van der Waals surface area contributed by atoms with Crippen molar-refractivity contribution >= 4 is 0 Å². The minimum Gasteiger partial charge on any atom is -0.392 e. The SMILES string of the molecule is OCC1=CC(N[C@H]2C(O)[C@@H](O)[C@H]3OC[C@@H]2O3)[C@H](O)C(O)[C@@H]1O. The van der Waals surface area contributed by atoms with Gasteiger partial charge in [-0.25, -0.2) is 0 Å². The Hall–Kier alpha value is -0.620. The summed E-state index contributed by atoms with van der Waals surface area (Å²) in [5, 5.41) is 61.8. The minimum absolute atomic E-state index is 0.169. The van der Waals surface area contributed by atoms with Crippen LogP contribution in [0.25, 0.3) is 0 Å². The fourth-order valence-corrected chi connectivity index (χ4v) is 3.17. The quantitative estimate of drug-likeness (QED) is 0.257. The van der Waals surface area contributed by atoms with Crippen LogP contribution in [-0.2, 0) is 9.47 Å². The van der Waals surface area contributed by atoms with Crippen LogP contribution in [0.15, 0.2) is 11.6 Å². The average Bonchev–Trinajstić information content (AvgIpc) is 2.96. The van der Waals surface area contributed by atoms with Gasteiger partial charge in [-0.05, 0) is 5.57 Å². The monoisotopic (exact) mass is 319 g/mol. The molecule has 2 bridgehead atoms. The predicted octanol–water partition coefficient (Wildman–Crippen LogP) is -4.19. The van der Waals surface area contributed by atoms with Crippen molar-refractivity contribution in [3.8, 4) is 0 Å². The van der Waals surface area contributed by atoms with Crippen LogP contribution in [-0.4, -0.2) is 98.9 Å². The van der Waals surface area contributed by atoms with Gasteiger partial charge in [0, 0.05) is 0 Å². The molecule has 2 fully saturated rings. The second kappa shape index (κ2) is 6.11. The molecule has 0 saturated carbocycles. The van der Waals surface area contributed by atoms with Gasteiger partial charge >= 0.3 is 0 Å². The largest absolute Gasteiger partial charge is 0.392 e. The molecule has 3 unspecified atom stereocenters. The van der Waals surface area contributed by atoms with Crippen LogP contribution < -0.4 is 5.32 Å². The van der Waals surface area contributed by atoms with E-state index in [1.165, 1.54) is 6.08 Å². The molecule has 9 heteroatoms. The molecule has 2 heterocycles. The fourth-order valence-electron chi connectivity index (χ4n) is 3.17. The maximum atomic E-state index is 10.1. The molecule has 2 aliphatic heterocycles. The highest BCUT2D eigenvalue weighted by molar-refractivity contribution is 5.22. The molecule has 3 aliphatic rings. The lowest BCUT2D eigenvalue weighted by molar-refractivity contribution is -0.204. The van der Waals surface area contributed by atoms with Gasteiger partial charge in [0.25, 0.3) is 0 Å². The summed E-state index contributed by atoms with van der Waals surface area (Å²) >= 11 is 0. The number of aliphatic hydroxyl groups excluding tert-OH is 6. The molecule has 126 valence electrons. The normalized spacial score (nSPS) is 51.7. The van der Waals surface area contributed by atoms with Crippen LogP contribution in [0.3, 0.4) is 0 Å². The van der Waals surface area contributed by atoms with Crippen molar-refractivity contribution in [1.29, 1.82) is 0 Å². The lowest BCUT2D eigenvalue weighted by Crippen LogP contribution is -2.65. The maximum Gasteiger partial charge on any atom is 0.186 e. The van der Waals surface area contributed by atoms with Crippen LogP contribution in [0.5, 0.6) is 0 Å². The summed E-state index contributed by atoms with van der Waals surface area (Å²) in [5.41, 5.74) is 0.169. The van der Waals surface area contributed by atoms with Gasteiger partial charge in [0.15, 0.2) is 6.29 Å². The van der Waals surface area contributed by atoms with Gasteiger partial charge in [0.2, 0.25) is 0 Å². The molecule has 0 amide bonds. The van der Waals surface area contributed by atoms with Gasteiger partial charge in [-0.2, -0.15) is 0 Å². The summed E-state index contributed by atoms with van der Waals surface area (Å²) in [4.78, 5) is 0. The first-order valence-electron chi connectivity index (χ1n) is 7.19. The molecular formula is C13H21NO8. The van der Waals surface area contributed by atoms with E-state index >= 15 is 0 Å². The number of nitrogens with one attached hydrogen (secondary N) is 1. The predicted molar refractivity (Wildman–Crippen MR) is 70.5 cm³/mol. The van der Waals surface area contributed by atoms with Crippen molar-refractivity contribution < 1.29 is 40.1 Å². The number of fused-ring (bicyclic) bond motifs is 2. The Kier molecular flexibility index (Phi) is 4.52. The Balaban J connectivity index is 1.78. The van der Waals surface area contributed by atoms with E-state index in [9.17, 15) is 30.6 Å². The molecule has 1 aliphatic carbocycles. The van der Waals surface area contributed by atoms with Crippen molar-refractivity contribution in [3.63, 3.8) is 0 Å². The number of rotatable bonds is 3. The summed E-state index contributed by atoms with van der Waals surface area (Å²) in [6.45, 7) is -0.287. The maximum absolute atomic E-state index is 10.1. The van der Waals surface area contributed by atoms with Gasteiger partial charge < -0.3 is 45.4 Å². The number of aliphatic hydroxyl groups is 6. The molecular weight excluding hydrogens is 298 g/mol. The molecule has 0 spiro atoms. The van der Waals surface area contributed by atoms with Gasteiger partial charge in [-0.15, -0.1) is 0 Å². The highest BCUT2D eigenvalue weighted by atomic mass is 16.7. The molecule has 0 aromatic rings. The van der Waals surface area contributed by atoms with Crippen LogP contribution in [0, 0.1) is 0 Å². The molecule has 2 saturated heterocycles. The Morgan fingerprint density at radius 3 is 2.45 bits per heavy atom. The summed E-state index contributed by atoms with van der Waals surface area (Å²) < 4.78 is 10.6. The average molecular weight is 319 g/mol. The van der Waals surface area contributed by atoms with E-state index in [4.69, 9.17) is 9.47 Å². The molecule has 9 nitrogen and oxygen atoms in total. The topological polar surface area (TPSA) is 152 Å². The second-order valence-corrected chi connectivity index (χ2v) is 5.90. The molecule has 7 N–H and O–H groups in total. The Morgan fingerprint density at radius 1 is 1.05 bits per heavy atom. The van der Waals surface area contributed by atoms with E-state index in [0.717, 1.165) is 0 Å². The molecule has 22 heavy (non-hydrogen) atoms. The summed E-state index contributed by atoms with van der Waals surface area (Å²) in [7, 11) is 0. The lowest BCUT2D eigenvalue weighted by Gasteiger charge is -2.41. The zero-order chi connectivity index (χ0) is 16.0. The number of ether oxygens (including phenoxy) is 2. The molecule has 3 rings (SSSR count). The van der Waals surface area contributed by atoms with E-state index in [0.29, 0.717) is 0 Å². The lowest BCUT2D eigenvalue weighted by atomic mass is 9.86. The third-order valence-corrected chi connectivity index (χ3v) is 4.51. The van der Waals surface area contributed by atoms with Crippen molar-refractivity contribution in [2.45, 2.75) is 55.0 Å². The van der Waals surface area contributed by atoms with Crippen LogP contribution in [0.1, 0.15) is 0 Å². The Labute approximate surface area is 126 Å². The van der Waals surface area contributed by atoms with Crippen molar-refractivity contribution in [2.24, 2.45) is 0 Å². The third-order valence-electron chi connectivity index (χ3n) is 4.51. The van der Waals surface area contributed by atoms with Gasteiger partial charge in [-0.1, -0.05) is 6.08 Å². The molecule has 0 radical (unpaired) electrons. The minimum atomic E-state index is -1.47. The first-order chi connectivity index (χ1) is 10.4. The number of hydrogen-bond acceptors (Lipinski definition) is 9. The smallest absolute Gasteiger partial charge is 0.186 e. The van der Waals surface area contributed by atoms with Gasteiger partial charge in [0.1, 0.15) is 36.6 Å². The van der Waals surface area contributed by atoms with Crippen molar-refractivity contribution in [3.05, 3.63) is 11.6 Å². The van der Waals surface area contributed by atoms with E-state index in [1.54, 1.807) is 0 Å². The van der Waals surface area contributed by atoms with E-state index < -0.39 is 61.6 Å². The second-order valence-electron chi connectivity index (χ2n) is 5.90. The molecule has 9 atom stereocenters. The summed E-state index contributed by atoms with van der Waals surface area (Å²) in [5.74, 6) is 0. The van der Waals surface area contributed by atoms with E-state index in [1.807, 2.05) is 0 Å². The fraction of sp³-hybridized carbons (Fsp3) is 0.846. The highest BCUT2D eigenvalue weighted by Crippen LogP contribution is 2.29. The summed E-state index contributed by atoms with van der Waals surface area (Å²) in [6.07, 6.45) is -6.53. The van der Waals surface area contributed by atoms with Crippen molar-refractivity contribution in [1.82, 2.24) is 5.32 Å². The zero-order valence-corrected chi connectivity index (χ0v) is 11.7. The standard InChI is InChI=1S/C13H21NO8/c15-2-4-1-5(9(17)11(19)8(4)16)14-7-6-3-21-13(22-6)12(20)10(7)18/h1,5-20H,2-3H2/t5?,6-,7+,8+,9-,10?,11?,12+,13-/m0/s1. The van der Waals surface area contributed by atoms with Crippen LogP contribution in [0.4, 0.5) is 0 Å². The summed E-state index contributed by atoms with van der Waals surface area (Å²) in [6, 6.07) is -1.56. The zero-order valence-electron chi connectivity index (χ0n) is 11.7. The van der Waals surface area contributed by atoms with Gasteiger partial charge in [-0.3, -0.25) is 0 Å². The first kappa shape index (κ1) is 16.2. The Morgan fingerprint density at radius 2 is 1.77 bits per heavy atom. The Bertz CT molecular complexity index is 446. The van der Waals surface area contributed by atoms with Gasteiger partial charge in [0.05, 0.1) is 25.3 Å². The van der Waals surface area contributed by atoms with E-state index in [-0.39, 0.29) is 12.2 Å². The van der Waals surface area contributed by atoms with Crippen molar-refractivity contribution in [2.75, 3.05) is 13.2 Å². The van der Waals surface area contributed by atoms with E-state index in [2.05, 4.69) is 5.32 Å². The first-order valence-corrected chi connectivity index (χ1v) is 7.19. The number of hydrogen-bond donors (Lipinski definition) is 7. The third kappa shape index (κ3) is 2.58. The van der Waals surface area contributed by atoms with Crippen LogP contribution >= 0.6 is 0 Å². The molecule has 0 aromatic carbocycles. The highest BCUT2D eigenvalue weighted by Gasteiger charge is 2.51.